The van der Waals surface area contributed by atoms with Crippen LogP contribution in [0.2, 0.25) is 0 Å². The number of hydrogen-bond acceptors (Lipinski definition) is 3. The van der Waals surface area contributed by atoms with Crippen molar-refractivity contribution in [3.05, 3.63) is 52.8 Å². The molecule has 0 radical (unpaired) electrons. The van der Waals surface area contributed by atoms with Crippen LogP contribution in [0.1, 0.15) is 42.1 Å². The number of nitrogens with zero attached hydrogens (tertiary/aromatic N) is 2. The highest BCUT2D eigenvalue weighted by Crippen LogP contribution is 2.36. The van der Waals surface area contributed by atoms with E-state index in [-0.39, 0.29) is 0 Å². The van der Waals surface area contributed by atoms with E-state index in [1.54, 1.807) is 10.9 Å². The molecule has 118 valence electrons. The van der Waals surface area contributed by atoms with Gasteiger partial charge < -0.3 is 10.4 Å². The number of benzene rings is 1. The Balaban J connectivity index is 1.75. The maximum absolute atomic E-state index is 10.7. The van der Waals surface area contributed by atoms with Crippen molar-refractivity contribution >= 4 is 0 Å². The van der Waals surface area contributed by atoms with Crippen LogP contribution in [0.4, 0.5) is 0 Å². The summed E-state index contributed by atoms with van der Waals surface area (Å²) in [6, 6.07) is 7.00. The summed E-state index contributed by atoms with van der Waals surface area (Å²) < 4.78 is 1.72. The maximum Gasteiger partial charge on any atom is 0.102 e. The Hall–Kier alpha value is -1.65. The smallest absolute Gasteiger partial charge is 0.102 e. The molecule has 2 N–H and O–H groups in total. The maximum atomic E-state index is 10.7. The predicted octanol–water partition coefficient (Wildman–Crippen LogP) is 2.46. The first kappa shape index (κ1) is 15.3. The first-order valence-corrected chi connectivity index (χ1v) is 7.91. The number of aliphatic hydroxyl groups is 1. The molecule has 0 amide bonds. The summed E-state index contributed by atoms with van der Waals surface area (Å²) in [7, 11) is 1.87. The summed E-state index contributed by atoms with van der Waals surface area (Å²) in [4.78, 5) is 0. The van der Waals surface area contributed by atoms with Gasteiger partial charge in [-0.1, -0.05) is 30.7 Å². The first-order chi connectivity index (χ1) is 10.4. The minimum atomic E-state index is -0.916. The van der Waals surface area contributed by atoms with Gasteiger partial charge in [0.05, 0.1) is 6.20 Å². The number of nitrogens with one attached hydrogen (secondary N) is 1. The van der Waals surface area contributed by atoms with Crippen molar-refractivity contribution < 1.29 is 5.11 Å². The fourth-order valence-electron chi connectivity index (χ4n) is 3.38. The second kappa shape index (κ2) is 5.52. The molecule has 4 heteroatoms. The zero-order valence-corrected chi connectivity index (χ0v) is 13.8. The molecule has 1 aliphatic carbocycles. The fourth-order valence-corrected chi connectivity index (χ4v) is 3.38. The lowest BCUT2D eigenvalue weighted by Gasteiger charge is -2.27. The molecule has 4 nitrogen and oxygen atoms in total. The third-order valence-electron chi connectivity index (χ3n) is 4.74. The van der Waals surface area contributed by atoms with Crippen molar-refractivity contribution in [2.75, 3.05) is 6.54 Å². The summed E-state index contributed by atoms with van der Waals surface area (Å²) in [5.41, 5.74) is 4.03. The molecule has 0 spiro atoms. The van der Waals surface area contributed by atoms with Crippen LogP contribution in [0, 0.1) is 12.8 Å². The Morgan fingerprint density at radius 3 is 2.91 bits per heavy atom. The molecule has 1 heterocycles. The van der Waals surface area contributed by atoms with Crippen LogP contribution in [0.15, 0.2) is 30.6 Å². The lowest BCUT2D eigenvalue weighted by atomic mass is 9.96. The standard InChI is InChI=1S/C18H25N3O/c1-12-5-6-14-8-13(2)17(16(14)7-12)19-11-18(3,22)15-9-20-21(4)10-15/h5-7,9-10,13,17,19,22H,8,11H2,1-4H3/t13-,17-,18-/m1/s1. The largest absolute Gasteiger partial charge is 0.384 e. The van der Waals surface area contributed by atoms with E-state index in [1.165, 1.54) is 16.7 Å². The number of hydrogen-bond donors (Lipinski definition) is 2. The molecule has 0 unspecified atom stereocenters. The van der Waals surface area contributed by atoms with Crippen LogP contribution in [-0.2, 0) is 19.1 Å². The van der Waals surface area contributed by atoms with E-state index in [0.29, 0.717) is 18.5 Å². The minimum absolute atomic E-state index is 0.304. The highest BCUT2D eigenvalue weighted by Gasteiger charge is 2.32. The molecule has 22 heavy (non-hydrogen) atoms. The summed E-state index contributed by atoms with van der Waals surface area (Å²) in [5.74, 6) is 0.543. The average molecular weight is 299 g/mol. The SMILES string of the molecule is Cc1ccc2c(c1)[C@H](NC[C@@](C)(O)c1cnn(C)c1)[C@H](C)C2. The topological polar surface area (TPSA) is 50.1 Å². The van der Waals surface area contributed by atoms with Gasteiger partial charge in [0, 0.05) is 31.4 Å². The molecule has 1 aromatic heterocycles. The quantitative estimate of drug-likeness (QED) is 0.912. The van der Waals surface area contributed by atoms with E-state index in [1.807, 2.05) is 20.2 Å². The molecule has 3 rings (SSSR count). The van der Waals surface area contributed by atoms with Gasteiger partial charge in [0.15, 0.2) is 0 Å². The van der Waals surface area contributed by atoms with Gasteiger partial charge in [-0.25, -0.2) is 0 Å². The van der Waals surface area contributed by atoms with Gasteiger partial charge in [-0.05, 0) is 37.3 Å². The number of rotatable bonds is 4. The molecule has 3 atom stereocenters. The van der Waals surface area contributed by atoms with Gasteiger partial charge in [0.2, 0.25) is 0 Å². The number of aromatic nitrogens is 2. The molecule has 0 aliphatic heterocycles. The van der Waals surface area contributed by atoms with Crippen LogP contribution in [0.3, 0.4) is 0 Å². The van der Waals surface area contributed by atoms with Crippen LogP contribution >= 0.6 is 0 Å². The Morgan fingerprint density at radius 2 is 2.23 bits per heavy atom. The lowest BCUT2D eigenvalue weighted by Crippen LogP contribution is -2.38. The van der Waals surface area contributed by atoms with Crippen molar-refractivity contribution in [3.8, 4) is 0 Å². The van der Waals surface area contributed by atoms with E-state index < -0.39 is 5.60 Å². The van der Waals surface area contributed by atoms with Gasteiger partial charge in [0.25, 0.3) is 0 Å². The van der Waals surface area contributed by atoms with Crippen molar-refractivity contribution in [1.82, 2.24) is 15.1 Å². The summed E-state index contributed by atoms with van der Waals surface area (Å²) >= 11 is 0. The van der Waals surface area contributed by atoms with Gasteiger partial charge >= 0.3 is 0 Å². The summed E-state index contributed by atoms with van der Waals surface area (Å²) in [5, 5.41) is 18.5. The summed E-state index contributed by atoms with van der Waals surface area (Å²) in [6.45, 7) is 6.76. The van der Waals surface area contributed by atoms with E-state index in [9.17, 15) is 5.11 Å². The van der Waals surface area contributed by atoms with E-state index in [0.717, 1.165) is 12.0 Å². The third kappa shape index (κ3) is 2.81. The molecule has 0 saturated carbocycles. The van der Waals surface area contributed by atoms with Crippen LogP contribution in [0.5, 0.6) is 0 Å². The molecule has 2 aromatic rings. The Kier molecular flexibility index (Phi) is 3.83. The van der Waals surface area contributed by atoms with Crippen molar-refractivity contribution in [2.24, 2.45) is 13.0 Å². The van der Waals surface area contributed by atoms with Crippen molar-refractivity contribution in [3.63, 3.8) is 0 Å². The minimum Gasteiger partial charge on any atom is -0.384 e. The monoisotopic (exact) mass is 299 g/mol. The van der Waals surface area contributed by atoms with Gasteiger partial charge in [0.1, 0.15) is 5.60 Å². The zero-order chi connectivity index (χ0) is 15.9. The molecule has 0 saturated heterocycles. The Labute approximate surface area is 132 Å². The second-order valence-corrected chi connectivity index (χ2v) is 6.92. The molecule has 1 aliphatic rings. The van der Waals surface area contributed by atoms with E-state index >= 15 is 0 Å². The van der Waals surface area contributed by atoms with Crippen LogP contribution < -0.4 is 5.32 Å². The molecular weight excluding hydrogens is 274 g/mol. The fraction of sp³-hybridized carbons (Fsp3) is 0.500. The van der Waals surface area contributed by atoms with E-state index in [4.69, 9.17) is 0 Å². The van der Waals surface area contributed by atoms with E-state index in [2.05, 4.69) is 42.5 Å². The lowest BCUT2D eigenvalue weighted by molar-refractivity contribution is 0.0521. The van der Waals surface area contributed by atoms with Crippen molar-refractivity contribution in [2.45, 2.75) is 38.8 Å². The van der Waals surface area contributed by atoms with Gasteiger partial charge in [-0.3, -0.25) is 4.68 Å². The van der Waals surface area contributed by atoms with Crippen LogP contribution in [-0.4, -0.2) is 21.4 Å². The highest BCUT2D eigenvalue weighted by molar-refractivity contribution is 5.38. The Bertz CT molecular complexity index is 675. The highest BCUT2D eigenvalue weighted by atomic mass is 16.3. The molecular formula is C18H25N3O. The normalized spacial score (nSPS) is 23.3. The van der Waals surface area contributed by atoms with Crippen LogP contribution in [0.25, 0.3) is 0 Å². The average Bonchev–Trinajstić information content (AvgIpc) is 3.00. The Morgan fingerprint density at radius 1 is 1.45 bits per heavy atom. The number of aryl methyl sites for hydroxylation is 2. The second-order valence-electron chi connectivity index (χ2n) is 6.92. The number of fused-ring (bicyclic) bond motifs is 1. The molecule has 0 fully saturated rings. The molecule has 0 bridgehead atoms. The van der Waals surface area contributed by atoms with Gasteiger partial charge in [-0.2, -0.15) is 5.10 Å². The third-order valence-corrected chi connectivity index (χ3v) is 4.74. The van der Waals surface area contributed by atoms with Crippen molar-refractivity contribution in [1.29, 1.82) is 0 Å². The molecule has 1 aromatic carbocycles. The summed E-state index contributed by atoms with van der Waals surface area (Å²) in [6.07, 6.45) is 4.71. The predicted molar refractivity (Wildman–Crippen MR) is 87.6 cm³/mol. The first-order valence-electron chi connectivity index (χ1n) is 7.91. The zero-order valence-electron chi connectivity index (χ0n) is 13.8. The van der Waals surface area contributed by atoms with Gasteiger partial charge in [-0.15, -0.1) is 0 Å².